The van der Waals surface area contributed by atoms with Gasteiger partial charge in [-0.3, -0.25) is 9.69 Å². The van der Waals surface area contributed by atoms with Gasteiger partial charge in [-0.15, -0.1) is 0 Å². The normalized spacial score (nSPS) is 17.4. The highest BCUT2D eigenvalue weighted by molar-refractivity contribution is 6.35. The molecular formula is C30H31Cl2FN4O3. The Morgan fingerprint density at radius 3 is 2.50 bits per heavy atom. The Morgan fingerprint density at radius 2 is 1.82 bits per heavy atom. The van der Waals surface area contributed by atoms with Crippen LogP contribution in [0.15, 0.2) is 42.5 Å². The number of aromatic nitrogens is 2. The molecule has 0 bridgehead atoms. The number of hydrogen-bond donors (Lipinski definition) is 1. The van der Waals surface area contributed by atoms with Crippen molar-refractivity contribution in [2.24, 2.45) is 5.92 Å². The summed E-state index contributed by atoms with van der Waals surface area (Å²) < 4.78 is 20.3. The molecule has 0 unspecified atom stereocenters. The molecule has 1 saturated carbocycles. The van der Waals surface area contributed by atoms with Gasteiger partial charge in [0.15, 0.2) is 5.69 Å². The summed E-state index contributed by atoms with van der Waals surface area (Å²) in [5.74, 6) is -0.264. The number of rotatable bonds is 5. The van der Waals surface area contributed by atoms with Crippen LogP contribution in [0.5, 0.6) is 0 Å². The number of carbonyl (C=O) groups is 2. The van der Waals surface area contributed by atoms with Gasteiger partial charge in [0.1, 0.15) is 5.82 Å². The van der Waals surface area contributed by atoms with Crippen molar-refractivity contribution in [3.05, 3.63) is 80.8 Å². The second-order valence-corrected chi connectivity index (χ2v) is 11.2. The number of halogens is 3. The highest BCUT2D eigenvalue weighted by Gasteiger charge is 2.35. The number of ether oxygens (including phenoxy) is 1. The summed E-state index contributed by atoms with van der Waals surface area (Å²) in [5, 5.41) is 8.77. The molecule has 0 spiro atoms. The topological polar surface area (TPSA) is 76.5 Å². The predicted octanol–water partition coefficient (Wildman–Crippen LogP) is 7.14. The van der Waals surface area contributed by atoms with Crippen LogP contribution in [0.3, 0.4) is 0 Å². The summed E-state index contributed by atoms with van der Waals surface area (Å²) in [4.78, 5) is 28.0. The Morgan fingerprint density at radius 1 is 1.10 bits per heavy atom. The number of benzene rings is 2. The Bertz CT molecular complexity index is 1450. The first-order valence-electron chi connectivity index (χ1n) is 13.4. The largest absolute Gasteiger partial charge is 0.453 e. The van der Waals surface area contributed by atoms with Crippen molar-refractivity contribution in [2.45, 2.75) is 51.6 Å². The van der Waals surface area contributed by atoms with Crippen molar-refractivity contribution in [3.63, 3.8) is 0 Å². The lowest BCUT2D eigenvalue weighted by Crippen LogP contribution is -2.40. The average molecular weight is 586 g/mol. The van der Waals surface area contributed by atoms with Crippen LogP contribution in [-0.4, -0.2) is 46.4 Å². The van der Waals surface area contributed by atoms with E-state index in [0.29, 0.717) is 38.5 Å². The van der Waals surface area contributed by atoms with E-state index in [1.807, 2.05) is 13.0 Å². The van der Waals surface area contributed by atoms with Crippen LogP contribution < -0.4 is 5.32 Å². The van der Waals surface area contributed by atoms with E-state index >= 15 is 0 Å². The van der Waals surface area contributed by atoms with Crippen LogP contribution in [-0.2, 0) is 11.3 Å². The first kappa shape index (κ1) is 28.2. The molecule has 1 aromatic heterocycles. The van der Waals surface area contributed by atoms with Gasteiger partial charge in [-0.2, -0.15) is 5.10 Å². The summed E-state index contributed by atoms with van der Waals surface area (Å²) in [7, 11) is 1.32. The molecule has 0 saturated heterocycles. The molecule has 1 fully saturated rings. The molecule has 1 aliphatic heterocycles. The zero-order valence-corrected chi connectivity index (χ0v) is 23.9. The van der Waals surface area contributed by atoms with Crippen molar-refractivity contribution >= 4 is 46.9 Å². The van der Waals surface area contributed by atoms with E-state index in [-0.39, 0.29) is 36.5 Å². The molecule has 0 radical (unpaired) electrons. The van der Waals surface area contributed by atoms with E-state index in [1.54, 1.807) is 35.0 Å². The Kier molecular flexibility index (Phi) is 8.47. The fraction of sp³-hybridized carbons (Fsp3) is 0.367. The molecule has 40 heavy (non-hydrogen) atoms. The van der Waals surface area contributed by atoms with E-state index in [1.165, 1.54) is 30.6 Å². The van der Waals surface area contributed by atoms with Gasteiger partial charge in [-0.25, -0.2) is 13.9 Å². The number of carbonyl (C=O) groups excluding carboxylic acids is 2. The fourth-order valence-corrected chi connectivity index (χ4v) is 6.12. The van der Waals surface area contributed by atoms with Crippen LogP contribution in [0, 0.1) is 11.7 Å². The van der Waals surface area contributed by atoms with Gasteiger partial charge in [0, 0.05) is 16.6 Å². The SMILES string of the molecule is COC(=O)N1CC(=Cc2ccc(F)cc2)c2c(c(C(=O)N[C@H](C)C3CCCCC3)nn2-c2ccc(Cl)cc2Cl)C1. The molecule has 10 heteroatoms. The molecule has 3 aromatic rings. The molecule has 7 nitrogen and oxygen atoms in total. The molecule has 5 rings (SSSR count). The van der Waals surface area contributed by atoms with E-state index in [9.17, 15) is 14.0 Å². The van der Waals surface area contributed by atoms with Gasteiger partial charge in [0.2, 0.25) is 0 Å². The first-order valence-corrected chi connectivity index (χ1v) is 14.2. The Hall–Kier alpha value is -3.36. The van der Waals surface area contributed by atoms with Gasteiger partial charge >= 0.3 is 6.09 Å². The third-order valence-electron chi connectivity index (χ3n) is 7.71. The molecule has 1 atom stereocenters. The predicted molar refractivity (Wildman–Crippen MR) is 154 cm³/mol. The number of amides is 2. The third-order valence-corrected chi connectivity index (χ3v) is 8.25. The lowest BCUT2D eigenvalue weighted by atomic mass is 9.84. The number of nitrogens with zero attached hydrogens (tertiary/aromatic N) is 3. The smallest absolute Gasteiger partial charge is 0.410 e. The minimum absolute atomic E-state index is 0.0257. The van der Waals surface area contributed by atoms with Crippen molar-refractivity contribution in [3.8, 4) is 5.69 Å². The average Bonchev–Trinajstić information content (AvgIpc) is 3.34. The summed E-state index contributed by atoms with van der Waals surface area (Å²) >= 11 is 12.8. The highest BCUT2D eigenvalue weighted by atomic mass is 35.5. The standard InChI is InChI=1S/C30H31Cl2FN4O3/c1-18(20-6-4-3-5-7-20)34-29(38)27-24-17-36(30(39)40-2)16-21(14-19-8-11-23(33)12-9-19)28(24)37(35-27)26-13-10-22(31)15-25(26)32/h8-15,18,20H,3-7,16-17H2,1-2H3,(H,34,38)/t18-/m1/s1. The molecule has 210 valence electrons. The number of fused-ring (bicyclic) bond motifs is 1. The van der Waals surface area contributed by atoms with Crippen molar-refractivity contribution in [1.82, 2.24) is 20.0 Å². The van der Waals surface area contributed by atoms with Gasteiger partial charge in [-0.05, 0) is 73.2 Å². The first-order chi connectivity index (χ1) is 19.2. The van der Waals surface area contributed by atoms with Crippen LogP contribution in [0.25, 0.3) is 17.3 Å². The zero-order valence-electron chi connectivity index (χ0n) is 22.4. The molecular weight excluding hydrogens is 554 g/mol. The maximum absolute atomic E-state index is 13.8. The van der Waals surface area contributed by atoms with Crippen LogP contribution >= 0.6 is 23.2 Å². The molecule has 2 aromatic carbocycles. The van der Waals surface area contributed by atoms with E-state index in [0.717, 1.165) is 31.2 Å². The number of hydrogen-bond acceptors (Lipinski definition) is 4. The summed E-state index contributed by atoms with van der Waals surface area (Å²) in [6, 6.07) is 11.1. The van der Waals surface area contributed by atoms with Crippen molar-refractivity contribution in [2.75, 3.05) is 13.7 Å². The molecule has 2 amide bonds. The maximum atomic E-state index is 13.8. The second kappa shape index (κ2) is 12.0. The molecule has 2 aliphatic rings. The van der Waals surface area contributed by atoms with Crippen molar-refractivity contribution in [1.29, 1.82) is 0 Å². The van der Waals surface area contributed by atoms with E-state index < -0.39 is 6.09 Å². The minimum Gasteiger partial charge on any atom is -0.453 e. The lowest BCUT2D eigenvalue weighted by molar-refractivity contribution is 0.0909. The lowest BCUT2D eigenvalue weighted by Gasteiger charge is -2.29. The van der Waals surface area contributed by atoms with Crippen LogP contribution in [0.4, 0.5) is 9.18 Å². The minimum atomic E-state index is -0.533. The molecule has 2 heterocycles. The van der Waals surface area contributed by atoms with Crippen molar-refractivity contribution < 1.29 is 18.7 Å². The summed E-state index contributed by atoms with van der Waals surface area (Å²) in [6.07, 6.45) is 7.02. The van der Waals surface area contributed by atoms with Crippen LogP contribution in [0.1, 0.15) is 66.3 Å². The summed E-state index contributed by atoms with van der Waals surface area (Å²) in [5.41, 5.74) is 3.38. The Labute approximate surface area is 242 Å². The van der Waals surface area contributed by atoms with E-state index in [4.69, 9.17) is 33.0 Å². The Balaban J connectivity index is 1.64. The number of nitrogens with one attached hydrogen (secondary N) is 1. The van der Waals surface area contributed by atoms with Gasteiger partial charge in [0.25, 0.3) is 5.91 Å². The van der Waals surface area contributed by atoms with E-state index in [2.05, 4.69) is 5.32 Å². The second-order valence-electron chi connectivity index (χ2n) is 10.4. The van der Waals surface area contributed by atoms with Gasteiger partial charge in [0.05, 0.1) is 36.6 Å². The molecule has 1 aliphatic carbocycles. The fourth-order valence-electron chi connectivity index (χ4n) is 5.63. The quantitative estimate of drug-likeness (QED) is 0.346. The highest BCUT2D eigenvalue weighted by Crippen LogP contribution is 2.36. The van der Waals surface area contributed by atoms with Gasteiger partial charge < -0.3 is 10.1 Å². The molecule has 1 N–H and O–H groups in total. The zero-order chi connectivity index (χ0) is 28.4. The third kappa shape index (κ3) is 5.88. The monoisotopic (exact) mass is 584 g/mol. The van der Waals surface area contributed by atoms with Gasteiger partial charge in [-0.1, -0.05) is 54.6 Å². The maximum Gasteiger partial charge on any atom is 0.410 e. The van der Waals surface area contributed by atoms with Crippen LogP contribution in [0.2, 0.25) is 10.0 Å². The number of methoxy groups -OCH3 is 1. The summed E-state index contributed by atoms with van der Waals surface area (Å²) in [6.45, 7) is 2.34.